The van der Waals surface area contributed by atoms with Crippen molar-refractivity contribution < 1.29 is 4.79 Å². The summed E-state index contributed by atoms with van der Waals surface area (Å²) in [4.78, 5) is 21.0. The molecule has 0 fully saturated rings. The molecular weight excluding hydrogens is 350 g/mol. The van der Waals surface area contributed by atoms with Gasteiger partial charge in [0.25, 0.3) is 5.91 Å². The molecule has 0 unspecified atom stereocenters. The number of benzene rings is 2. The van der Waals surface area contributed by atoms with E-state index in [0.717, 1.165) is 0 Å². The summed E-state index contributed by atoms with van der Waals surface area (Å²) in [6, 6.07) is 17.5. The predicted octanol–water partition coefficient (Wildman–Crippen LogP) is 4.31. The maximum Gasteiger partial charge on any atom is 0.274 e. The molecule has 128 valence electrons. The molecule has 2 aromatic carbocycles. The summed E-state index contributed by atoms with van der Waals surface area (Å²) in [5, 5.41) is 15.5. The zero-order valence-electron chi connectivity index (χ0n) is 13.8. The van der Waals surface area contributed by atoms with Crippen molar-refractivity contribution in [3.63, 3.8) is 0 Å². The van der Waals surface area contributed by atoms with Gasteiger partial charge in [0.15, 0.2) is 0 Å². The van der Waals surface area contributed by atoms with Gasteiger partial charge in [-0.25, -0.2) is 9.97 Å². The smallest absolute Gasteiger partial charge is 0.274 e. The lowest BCUT2D eigenvalue weighted by Crippen LogP contribution is -2.15. The van der Waals surface area contributed by atoms with Crippen molar-refractivity contribution in [1.29, 1.82) is 5.26 Å². The van der Waals surface area contributed by atoms with Gasteiger partial charge in [-0.2, -0.15) is 5.26 Å². The number of nitrogens with one attached hydrogen (secondary N) is 2. The van der Waals surface area contributed by atoms with Crippen LogP contribution in [0.25, 0.3) is 0 Å². The quantitative estimate of drug-likeness (QED) is 0.720. The van der Waals surface area contributed by atoms with Crippen molar-refractivity contribution >= 4 is 34.8 Å². The fraction of sp³-hybridized carbons (Fsp3) is 0.0526. The molecule has 3 rings (SSSR count). The van der Waals surface area contributed by atoms with Gasteiger partial charge in [0, 0.05) is 16.4 Å². The Balaban J connectivity index is 1.84. The van der Waals surface area contributed by atoms with Gasteiger partial charge in [-0.15, -0.1) is 0 Å². The number of rotatable bonds is 4. The molecule has 0 saturated heterocycles. The summed E-state index contributed by atoms with van der Waals surface area (Å²) in [6.07, 6.45) is 0. The molecule has 1 heterocycles. The van der Waals surface area contributed by atoms with Gasteiger partial charge in [0.1, 0.15) is 11.8 Å². The van der Waals surface area contributed by atoms with E-state index < -0.39 is 0 Å². The van der Waals surface area contributed by atoms with E-state index >= 15 is 0 Å². The molecule has 0 aliphatic carbocycles. The number of carbonyl (C=O) groups is 1. The van der Waals surface area contributed by atoms with Crippen molar-refractivity contribution in [2.75, 3.05) is 10.6 Å². The Labute approximate surface area is 155 Å². The zero-order valence-corrected chi connectivity index (χ0v) is 14.6. The van der Waals surface area contributed by atoms with E-state index in [-0.39, 0.29) is 17.5 Å². The highest BCUT2D eigenvalue weighted by atomic mass is 35.5. The highest BCUT2D eigenvalue weighted by Crippen LogP contribution is 2.19. The van der Waals surface area contributed by atoms with E-state index in [1.807, 2.05) is 0 Å². The van der Waals surface area contributed by atoms with Crippen LogP contribution in [-0.2, 0) is 0 Å². The van der Waals surface area contributed by atoms with Gasteiger partial charge in [0.2, 0.25) is 5.95 Å². The molecule has 0 saturated carbocycles. The number of aryl methyl sites for hydroxylation is 1. The summed E-state index contributed by atoms with van der Waals surface area (Å²) in [7, 11) is 0. The molecule has 0 aliphatic rings. The van der Waals surface area contributed by atoms with Gasteiger partial charge < -0.3 is 10.6 Å². The van der Waals surface area contributed by atoms with E-state index in [4.69, 9.17) is 11.6 Å². The van der Waals surface area contributed by atoms with Crippen LogP contribution >= 0.6 is 11.6 Å². The normalized spacial score (nSPS) is 10.0. The summed E-state index contributed by atoms with van der Waals surface area (Å²) in [5.74, 6) is -0.122. The average Bonchev–Trinajstić information content (AvgIpc) is 2.63. The second kappa shape index (κ2) is 7.64. The van der Waals surface area contributed by atoms with Crippen LogP contribution in [0.2, 0.25) is 5.02 Å². The van der Waals surface area contributed by atoms with Gasteiger partial charge >= 0.3 is 0 Å². The van der Waals surface area contributed by atoms with Crippen LogP contribution in [0.5, 0.6) is 0 Å². The predicted molar refractivity (Wildman–Crippen MR) is 101 cm³/mol. The molecule has 0 radical (unpaired) electrons. The molecule has 2 N–H and O–H groups in total. The molecule has 7 heteroatoms. The first-order valence-corrected chi connectivity index (χ1v) is 8.12. The first kappa shape index (κ1) is 17.4. The number of hydrogen-bond acceptors (Lipinski definition) is 5. The van der Waals surface area contributed by atoms with Crippen LogP contribution in [0.4, 0.5) is 17.3 Å². The Morgan fingerprint density at radius 1 is 1.12 bits per heavy atom. The molecule has 6 nitrogen and oxygen atoms in total. The molecule has 1 aromatic heterocycles. The van der Waals surface area contributed by atoms with E-state index in [2.05, 4.69) is 26.7 Å². The SMILES string of the molecule is Cc1cc(C(=O)Nc2ccc(Cl)cc2)nc(Nc2ccccc2C#N)n1. The van der Waals surface area contributed by atoms with Gasteiger partial charge in [-0.05, 0) is 49.4 Å². The lowest BCUT2D eigenvalue weighted by molar-refractivity contribution is 0.102. The number of aromatic nitrogens is 2. The minimum absolute atomic E-state index is 0.212. The summed E-state index contributed by atoms with van der Waals surface area (Å²) >= 11 is 5.84. The summed E-state index contributed by atoms with van der Waals surface area (Å²) in [6.45, 7) is 1.77. The van der Waals surface area contributed by atoms with E-state index in [1.165, 1.54) is 0 Å². The Hall–Kier alpha value is -3.43. The lowest BCUT2D eigenvalue weighted by atomic mass is 10.2. The van der Waals surface area contributed by atoms with Crippen LogP contribution in [0, 0.1) is 18.3 Å². The molecule has 0 atom stereocenters. The average molecular weight is 364 g/mol. The lowest BCUT2D eigenvalue weighted by Gasteiger charge is -2.10. The summed E-state index contributed by atoms with van der Waals surface area (Å²) < 4.78 is 0. The number of nitriles is 1. The Kier molecular flexibility index (Phi) is 5.11. The number of hydrogen-bond donors (Lipinski definition) is 2. The van der Waals surface area contributed by atoms with Crippen LogP contribution in [0.3, 0.4) is 0 Å². The third-order valence-corrected chi connectivity index (χ3v) is 3.73. The van der Waals surface area contributed by atoms with Crippen LogP contribution in [-0.4, -0.2) is 15.9 Å². The first-order valence-electron chi connectivity index (χ1n) is 7.74. The number of para-hydroxylation sites is 1. The minimum atomic E-state index is -0.366. The standard InChI is InChI=1S/C19H14ClN5O/c1-12-10-17(18(26)23-15-8-6-14(20)7-9-15)25-19(22-12)24-16-5-3-2-4-13(16)11-21/h2-10H,1H3,(H,23,26)(H,22,24,25). The largest absolute Gasteiger partial charge is 0.323 e. The Morgan fingerprint density at radius 3 is 2.58 bits per heavy atom. The highest BCUT2D eigenvalue weighted by Gasteiger charge is 2.12. The van der Waals surface area contributed by atoms with Gasteiger partial charge in [-0.1, -0.05) is 23.7 Å². The monoisotopic (exact) mass is 363 g/mol. The van der Waals surface area contributed by atoms with Crippen molar-refractivity contribution in [1.82, 2.24) is 9.97 Å². The molecular formula is C19H14ClN5O. The third-order valence-electron chi connectivity index (χ3n) is 3.48. The molecule has 0 spiro atoms. The van der Waals surface area contributed by atoms with Crippen LogP contribution in [0.15, 0.2) is 54.6 Å². The number of halogens is 1. The van der Waals surface area contributed by atoms with E-state index in [9.17, 15) is 10.1 Å². The first-order chi connectivity index (χ1) is 12.5. The Morgan fingerprint density at radius 2 is 1.85 bits per heavy atom. The Bertz CT molecular complexity index is 996. The molecule has 1 amide bonds. The van der Waals surface area contributed by atoms with Crippen molar-refractivity contribution in [2.45, 2.75) is 6.92 Å². The van der Waals surface area contributed by atoms with Gasteiger partial charge in [-0.3, -0.25) is 4.79 Å². The highest BCUT2D eigenvalue weighted by molar-refractivity contribution is 6.30. The van der Waals surface area contributed by atoms with E-state index in [0.29, 0.717) is 27.7 Å². The van der Waals surface area contributed by atoms with Crippen LogP contribution < -0.4 is 10.6 Å². The number of carbonyl (C=O) groups excluding carboxylic acids is 1. The van der Waals surface area contributed by atoms with E-state index in [1.54, 1.807) is 61.5 Å². The number of anilines is 3. The summed E-state index contributed by atoms with van der Waals surface area (Å²) in [5.41, 5.74) is 2.48. The number of amides is 1. The van der Waals surface area contributed by atoms with Crippen molar-refractivity contribution in [3.8, 4) is 6.07 Å². The fourth-order valence-electron chi connectivity index (χ4n) is 2.28. The maximum atomic E-state index is 12.5. The topological polar surface area (TPSA) is 90.7 Å². The second-order valence-corrected chi connectivity index (χ2v) is 5.90. The van der Waals surface area contributed by atoms with Crippen molar-refractivity contribution in [2.24, 2.45) is 0 Å². The zero-order chi connectivity index (χ0) is 18.5. The third kappa shape index (κ3) is 4.15. The second-order valence-electron chi connectivity index (χ2n) is 5.46. The molecule has 0 bridgehead atoms. The van der Waals surface area contributed by atoms with Gasteiger partial charge in [0.05, 0.1) is 11.3 Å². The maximum absolute atomic E-state index is 12.5. The molecule has 0 aliphatic heterocycles. The molecule has 3 aromatic rings. The molecule has 26 heavy (non-hydrogen) atoms. The minimum Gasteiger partial charge on any atom is -0.323 e. The van der Waals surface area contributed by atoms with Crippen LogP contribution in [0.1, 0.15) is 21.7 Å². The fourth-order valence-corrected chi connectivity index (χ4v) is 2.41. The van der Waals surface area contributed by atoms with Crippen molar-refractivity contribution in [3.05, 3.63) is 76.6 Å². The number of nitrogens with zero attached hydrogens (tertiary/aromatic N) is 3.